The Morgan fingerprint density at radius 2 is 1.92 bits per heavy atom. The molecule has 25 heavy (non-hydrogen) atoms. The Labute approximate surface area is 148 Å². The van der Waals surface area contributed by atoms with Gasteiger partial charge in [-0.25, -0.2) is 0 Å². The standard InChI is InChI=1S/C18H26N4O3/c1-4-11-22-14-9-6-5-8-13(14)15(18(22)25)20-17(24)16(23)19-10-7-12-21(2)3/h5-6,8-9,15H,4,7,10-12H2,1-3H3,(H,19,23)(H,20,24)/t15-/m0/s1. The summed E-state index contributed by atoms with van der Waals surface area (Å²) in [4.78, 5) is 40.4. The van der Waals surface area contributed by atoms with Crippen LogP contribution < -0.4 is 15.5 Å². The maximum Gasteiger partial charge on any atom is 0.310 e. The lowest BCUT2D eigenvalue weighted by atomic mass is 10.1. The summed E-state index contributed by atoms with van der Waals surface area (Å²) >= 11 is 0. The summed E-state index contributed by atoms with van der Waals surface area (Å²) in [6.45, 7) is 3.81. The second kappa shape index (κ2) is 8.62. The van der Waals surface area contributed by atoms with Gasteiger partial charge in [0.15, 0.2) is 0 Å². The molecule has 1 aliphatic rings. The van der Waals surface area contributed by atoms with Crippen LogP contribution in [0.2, 0.25) is 0 Å². The molecule has 3 amide bonds. The molecular formula is C18H26N4O3. The number of carbonyl (C=O) groups excluding carboxylic acids is 3. The Morgan fingerprint density at radius 3 is 2.60 bits per heavy atom. The Hall–Kier alpha value is -2.41. The molecule has 0 spiro atoms. The van der Waals surface area contributed by atoms with E-state index >= 15 is 0 Å². The molecule has 0 saturated carbocycles. The van der Waals surface area contributed by atoms with E-state index in [1.54, 1.807) is 4.90 Å². The van der Waals surface area contributed by atoms with Gasteiger partial charge in [-0.2, -0.15) is 0 Å². The van der Waals surface area contributed by atoms with Gasteiger partial charge in [-0.05, 0) is 39.5 Å². The molecule has 0 fully saturated rings. The first-order chi connectivity index (χ1) is 12.0. The third kappa shape index (κ3) is 4.57. The molecule has 1 atom stereocenters. The summed E-state index contributed by atoms with van der Waals surface area (Å²) in [5.41, 5.74) is 1.53. The van der Waals surface area contributed by atoms with Crippen molar-refractivity contribution in [2.45, 2.75) is 25.8 Å². The number of benzene rings is 1. The first-order valence-electron chi connectivity index (χ1n) is 8.59. The van der Waals surface area contributed by atoms with Gasteiger partial charge in [0.1, 0.15) is 6.04 Å². The quantitative estimate of drug-likeness (QED) is 0.562. The molecule has 0 unspecified atom stereocenters. The van der Waals surface area contributed by atoms with Crippen LogP contribution in [0, 0.1) is 0 Å². The van der Waals surface area contributed by atoms with Crippen LogP contribution in [0.3, 0.4) is 0 Å². The molecule has 1 aliphatic heterocycles. The number of fused-ring (bicyclic) bond motifs is 1. The molecule has 2 rings (SSSR count). The second-order valence-corrected chi connectivity index (χ2v) is 6.37. The monoisotopic (exact) mass is 346 g/mol. The largest absolute Gasteiger partial charge is 0.348 e. The van der Waals surface area contributed by atoms with Crippen LogP contribution in [0.1, 0.15) is 31.4 Å². The van der Waals surface area contributed by atoms with Crippen LogP contribution in [0.5, 0.6) is 0 Å². The average Bonchev–Trinajstić information content (AvgIpc) is 2.84. The van der Waals surface area contributed by atoms with E-state index in [1.807, 2.05) is 50.2 Å². The third-order valence-electron chi connectivity index (χ3n) is 4.05. The predicted molar refractivity (Wildman–Crippen MR) is 96.2 cm³/mol. The number of para-hydroxylation sites is 1. The zero-order valence-corrected chi connectivity index (χ0v) is 15.0. The van der Waals surface area contributed by atoms with Crippen molar-refractivity contribution in [1.82, 2.24) is 15.5 Å². The number of carbonyl (C=O) groups is 3. The van der Waals surface area contributed by atoms with E-state index < -0.39 is 17.9 Å². The first-order valence-corrected chi connectivity index (χ1v) is 8.59. The number of anilines is 1. The van der Waals surface area contributed by atoms with Gasteiger partial charge in [-0.1, -0.05) is 25.1 Å². The molecule has 2 N–H and O–H groups in total. The highest BCUT2D eigenvalue weighted by molar-refractivity contribution is 6.35. The van der Waals surface area contributed by atoms with Crippen molar-refractivity contribution in [2.75, 3.05) is 38.6 Å². The van der Waals surface area contributed by atoms with Gasteiger partial charge in [-0.3, -0.25) is 14.4 Å². The predicted octanol–water partition coefficient (Wildman–Crippen LogP) is 0.668. The number of rotatable bonds is 7. The van der Waals surface area contributed by atoms with Crippen molar-refractivity contribution in [3.63, 3.8) is 0 Å². The maximum absolute atomic E-state index is 12.6. The number of nitrogens with zero attached hydrogens (tertiary/aromatic N) is 2. The Balaban J connectivity index is 1.98. The molecule has 136 valence electrons. The summed E-state index contributed by atoms with van der Waals surface area (Å²) in [6, 6.07) is 6.54. The third-order valence-corrected chi connectivity index (χ3v) is 4.05. The van der Waals surface area contributed by atoms with Crippen LogP contribution in [0.4, 0.5) is 5.69 Å². The highest BCUT2D eigenvalue weighted by atomic mass is 16.2. The van der Waals surface area contributed by atoms with Gasteiger partial charge < -0.3 is 20.4 Å². The van der Waals surface area contributed by atoms with E-state index in [-0.39, 0.29) is 5.91 Å². The zero-order valence-electron chi connectivity index (χ0n) is 15.0. The summed E-state index contributed by atoms with van der Waals surface area (Å²) in [6.07, 6.45) is 1.56. The van der Waals surface area contributed by atoms with E-state index in [4.69, 9.17) is 0 Å². The highest BCUT2D eigenvalue weighted by Gasteiger charge is 2.38. The summed E-state index contributed by atoms with van der Waals surface area (Å²) < 4.78 is 0. The first kappa shape index (κ1) is 18.9. The molecule has 7 heteroatoms. The average molecular weight is 346 g/mol. The van der Waals surface area contributed by atoms with Crippen molar-refractivity contribution in [2.24, 2.45) is 0 Å². The smallest absolute Gasteiger partial charge is 0.310 e. The normalized spacial score (nSPS) is 16.1. The highest BCUT2D eigenvalue weighted by Crippen LogP contribution is 2.35. The number of amides is 3. The molecule has 0 saturated heterocycles. The van der Waals surface area contributed by atoms with Crippen molar-refractivity contribution in [3.8, 4) is 0 Å². The van der Waals surface area contributed by atoms with Crippen LogP contribution in [0.15, 0.2) is 24.3 Å². The topological polar surface area (TPSA) is 81.8 Å². The fourth-order valence-corrected chi connectivity index (χ4v) is 2.85. The lowest BCUT2D eigenvalue weighted by Crippen LogP contribution is -2.45. The Bertz CT molecular complexity index is 645. The lowest BCUT2D eigenvalue weighted by molar-refractivity contribution is -0.140. The van der Waals surface area contributed by atoms with Crippen LogP contribution in [-0.2, 0) is 14.4 Å². The SMILES string of the molecule is CCCN1C(=O)[C@@H](NC(=O)C(=O)NCCCN(C)C)c2ccccc21. The fourth-order valence-electron chi connectivity index (χ4n) is 2.85. The van der Waals surface area contributed by atoms with Gasteiger partial charge in [-0.15, -0.1) is 0 Å². The Kier molecular flexibility index (Phi) is 6.52. The molecule has 0 bridgehead atoms. The van der Waals surface area contributed by atoms with E-state index in [0.29, 0.717) is 13.1 Å². The van der Waals surface area contributed by atoms with Gasteiger partial charge in [0.25, 0.3) is 5.91 Å². The molecule has 7 nitrogen and oxygen atoms in total. The van der Waals surface area contributed by atoms with Crippen LogP contribution >= 0.6 is 0 Å². The van der Waals surface area contributed by atoms with Crippen LogP contribution in [0.25, 0.3) is 0 Å². The summed E-state index contributed by atoms with van der Waals surface area (Å²) in [5, 5.41) is 5.15. The lowest BCUT2D eigenvalue weighted by Gasteiger charge is -2.17. The van der Waals surface area contributed by atoms with Crippen LogP contribution in [-0.4, -0.2) is 56.4 Å². The Morgan fingerprint density at radius 1 is 1.20 bits per heavy atom. The molecule has 1 aromatic carbocycles. The number of nitrogens with one attached hydrogen (secondary N) is 2. The summed E-state index contributed by atoms with van der Waals surface area (Å²) in [5.74, 6) is -1.69. The number of hydrogen-bond acceptors (Lipinski definition) is 4. The maximum atomic E-state index is 12.6. The second-order valence-electron chi connectivity index (χ2n) is 6.37. The van der Waals surface area contributed by atoms with E-state index in [2.05, 4.69) is 10.6 Å². The minimum Gasteiger partial charge on any atom is -0.348 e. The molecule has 0 radical (unpaired) electrons. The summed E-state index contributed by atoms with van der Waals surface area (Å²) in [7, 11) is 3.89. The fraction of sp³-hybridized carbons (Fsp3) is 0.500. The van der Waals surface area contributed by atoms with Crippen molar-refractivity contribution in [1.29, 1.82) is 0 Å². The number of hydrogen-bond donors (Lipinski definition) is 2. The molecular weight excluding hydrogens is 320 g/mol. The van der Waals surface area contributed by atoms with E-state index in [0.717, 1.165) is 30.6 Å². The van der Waals surface area contributed by atoms with Crippen molar-refractivity contribution in [3.05, 3.63) is 29.8 Å². The van der Waals surface area contributed by atoms with Crippen molar-refractivity contribution < 1.29 is 14.4 Å². The molecule has 1 heterocycles. The minimum absolute atomic E-state index is 0.197. The molecule has 1 aromatic rings. The van der Waals surface area contributed by atoms with Gasteiger partial charge in [0, 0.05) is 24.3 Å². The van der Waals surface area contributed by atoms with Gasteiger partial charge in [0.05, 0.1) is 0 Å². The van der Waals surface area contributed by atoms with Gasteiger partial charge >= 0.3 is 11.8 Å². The minimum atomic E-state index is -0.803. The van der Waals surface area contributed by atoms with E-state index in [1.165, 1.54) is 0 Å². The molecule has 0 aliphatic carbocycles. The van der Waals surface area contributed by atoms with E-state index in [9.17, 15) is 14.4 Å². The van der Waals surface area contributed by atoms with Gasteiger partial charge in [0.2, 0.25) is 0 Å². The zero-order chi connectivity index (χ0) is 18.4. The van der Waals surface area contributed by atoms with Crippen molar-refractivity contribution >= 4 is 23.4 Å². The molecule has 0 aromatic heterocycles.